The van der Waals surface area contributed by atoms with Gasteiger partial charge >= 0.3 is 6.03 Å². The molecule has 1 aromatic carbocycles. The van der Waals surface area contributed by atoms with Gasteiger partial charge in [0.25, 0.3) is 0 Å². The van der Waals surface area contributed by atoms with E-state index in [1.807, 2.05) is 18.2 Å². The van der Waals surface area contributed by atoms with Gasteiger partial charge in [-0.1, -0.05) is 29.8 Å². The largest absolute Gasteiger partial charge is 0.350 e. The molecule has 0 unspecified atom stereocenters. The molecule has 3 rings (SSSR count). The number of amides is 1. The van der Waals surface area contributed by atoms with E-state index in [0.717, 1.165) is 10.2 Å². The van der Waals surface area contributed by atoms with Crippen LogP contribution in [0.4, 0.5) is 10.6 Å². The zero-order valence-corrected chi connectivity index (χ0v) is 11.5. The van der Waals surface area contributed by atoms with Gasteiger partial charge in [0.15, 0.2) is 17.0 Å². The van der Waals surface area contributed by atoms with Crippen LogP contribution in [-0.2, 0) is 0 Å². The number of rotatable bonds is 2. The zero-order chi connectivity index (χ0) is 14.1. The topological polar surface area (TPSA) is 86.2 Å². The van der Waals surface area contributed by atoms with Gasteiger partial charge in [0.2, 0.25) is 0 Å². The number of hydrogen-bond donors (Lipinski definition) is 1. The van der Waals surface area contributed by atoms with E-state index in [1.54, 1.807) is 12.3 Å². The SMILES string of the molecule is NC(=O)n1nc(N=Cc2ccccc2Cl)c2s[c]nc21. The maximum Gasteiger partial charge on any atom is 0.341 e. The number of aliphatic imine (C=N–C) groups is 1. The molecule has 0 aliphatic carbocycles. The van der Waals surface area contributed by atoms with Crippen molar-refractivity contribution in [1.29, 1.82) is 0 Å². The minimum atomic E-state index is -0.714. The average Bonchev–Trinajstić information content (AvgIpc) is 3.00. The summed E-state index contributed by atoms with van der Waals surface area (Å²) >= 11 is 7.25. The molecule has 0 bridgehead atoms. The number of carbonyl (C=O) groups is 1. The molecule has 6 nitrogen and oxygen atoms in total. The highest BCUT2D eigenvalue weighted by atomic mass is 35.5. The van der Waals surface area contributed by atoms with Gasteiger partial charge in [0, 0.05) is 16.8 Å². The Balaban J connectivity index is 2.05. The Labute approximate surface area is 122 Å². The standard InChI is InChI=1S/C12H7ClN5OS/c13-8-4-2-1-3-7(8)5-15-10-9-11(16-6-20-9)18(17-10)12(14)19/h1-5H,(H2,14,19). The van der Waals surface area contributed by atoms with Gasteiger partial charge < -0.3 is 5.73 Å². The van der Waals surface area contributed by atoms with Gasteiger partial charge in [-0.25, -0.2) is 14.8 Å². The highest BCUT2D eigenvalue weighted by Crippen LogP contribution is 2.28. The minimum absolute atomic E-state index is 0.355. The number of thiazole rings is 1. The second-order valence-electron chi connectivity index (χ2n) is 3.81. The van der Waals surface area contributed by atoms with Crippen LogP contribution in [0, 0.1) is 5.51 Å². The van der Waals surface area contributed by atoms with E-state index in [9.17, 15) is 4.79 Å². The fourth-order valence-corrected chi connectivity index (χ4v) is 2.45. The van der Waals surface area contributed by atoms with Crippen LogP contribution in [0.5, 0.6) is 0 Å². The molecule has 3 aromatic rings. The molecule has 1 radical (unpaired) electrons. The van der Waals surface area contributed by atoms with Crippen molar-refractivity contribution in [2.24, 2.45) is 10.7 Å². The number of hydrogen-bond acceptors (Lipinski definition) is 5. The molecule has 0 saturated carbocycles. The highest BCUT2D eigenvalue weighted by molar-refractivity contribution is 7.16. The summed E-state index contributed by atoms with van der Waals surface area (Å²) in [5, 5.41) is 4.60. The van der Waals surface area contributed by atoms with Crippen molar-refractivity contribution in [3.63, 3.8) is 0 Å². The van der Waals surface area contributed by atoms with Crippen LogP contribution in [0.2, 0.25) is 5.02 Å². The number of fused-ring (bicyclic) bond motifs is 1. The lowest BCUT2D eigenvalue weighted by atomic mass is 10.2. The van der Waals surface area contributed by atoms with E-state index in [0.29, 0.717) is 21.2 Å². The summed E-state index contributed by atoms with van der Waals surface area (Å²) in [5.74, 6) is 0.359. The number of aromatic nitrogens is 3. The van der Waals surface area contributed by atoms with E-state index in [-0.39, 0.29) is 0 Å². The molecule has 0 aliphatic rings. The Morgan fingerprint density at radius 2 is 2.30 bits per heavy atom. The van der Waals surface area contributed by atoms with E-state index < -0.39 is 6.03 Å². The Kier molecular flexibility index (Phi) is 3.21. The molecule has 0 fully saturated rings. The number of carbonyl (C=O) groups excluding carboxylic acids is 1. The van der Waals surface area contributed by atoms with E-state index in [4.69, 9.17) is 17.3 Å². The molecule has 0 saturated heterocycles. The smallest absolute Gasteiger partial charge is 0.341 e. The molecule has 1 amide bonds. The quantitative estimate of drug-likeness (QED) is 0.738. The van der Waals surface area contributed by atoms with Crippen LogP contribution in [0.1, 0.15) is 5.56 Å². The second kappa shape index (κ2) is 5.03. The predicted octanol–water partition coefficient (Wildman–Crippen LogP) is 2.62. The Morgan fingerprint density at radius 3 is 3.05 bits per heavy atom. The fourth-order valence-electron chi connectivity index (χ4n) is 1.63. The van der Waals surface area contributed by atoms with E-state index in [1.165, 1.54) is 11.3 Å². The number of nitrogens with two attached hydrogens (primary N) is 1. The predicted molar refractivity (Wildman–Crippen MR) is 77.9 cm³/mol. The summed E-state index contributed by atoms with van der Waals surface area (Å²) in [7, 11) is 0. The Bertz CT molecular complexity index is 822. The van der Waals surface area contributed by atoms with Gasteiger partial charge in [0.1, 0.15) is 4.70 Å². The van der Waals surface area contributed by atoms with Gasteiger partial charge in [-0.3, -0.25) is 0 Å². The van der Waals surface area contributed by atoms with Gasteiger partial charge in [-0.05, 0) is 6.07 Å². The third-order valence-electron chi connectivity index (χ3n) is 2.54. The maximum atomic E-state index is 11.3. The van der Waals surface area contributed by atoms with Crippen molar-refractivity contribution in [3.05, 3.63) is 40.4 Å². The molecule has 2 aromatic heterocycles. The minimum Gasteiger partial charge on any atom is -0.350 e. The molecule has 2 heterocycles. The molecule has 0 aliphatic heterocycles. The van der Waals surface area contributed by atoms with Crippen LogP contribution < -0.4 is 5.73 Å². The molecule has 20 heavy (non-hydrogen) atoms. The lowest BCUT2D eigenvalue weighted by Gasteiger charge is -1.94. The first-order valence-corrected chi connectivity index (χ1v) is 6.70. The van der Waals surface area contributed by atoms with Crippen molar-refractivity contribution in [1.82, 2.24) is 14.8 Å². The van der Waals surface area contributed by atoms with E-state index in [2.05, 4.69) is 20.6 Å². The third-order valence-corrected chi connectivity index (χ3v) is 3.64. The molecule has 8 heteroatoms. The second-order valence-corrected chi connectivity index (χ2v) is 5.01. The Hall–Kier alpha value is -2.25. The van der Waals surface area contributed by atoms with Gasteiger partial charge in [-0.2, -0.15) is 4.68 Å². The monoisotopic (exact) mass is 304 g/mol. The first kappa shape index (κ1) is 12.8. The summed E-state index contributed by atoms with van der Waals surface area (Å²) in [5.41, 5.74) is 9.02. The number of nitrogens with zero attached hydrogens (tertiary/aromatic N) is 4. The zero-order valence-electron chi connectivity index (χ0n) is 9.95. The van der Waals surface area contributed by atoms with Crippen molar-refractivity contribution >= 4 is 51.3 Å². The summed E-state index contributed by atoms with van der Waals surface area (Å²) in [4.78, 5) is 19.4. The molecule has 2 N–H and O–H groups in total. The molecule has 0 spiro atoms. The number of benzene rings is 1. The average molecular weight is 305 g/mol. The van der Waals surface area contributed by atoms with Crippen molar-refractivity contribution < 1.29 is 4.79 Å². The molecular weight excluding hydrogens is 298 g/mol. The summed E-state index contributed by atoms with van der Waals surface area (Å²) in [6.45, 7) is 0. The highest BCUT2D eigenvalue weighted by Gasteiger charge is 2.15. The molecular formula is C12H7ClN5OS. The van der Waals surface area contributed by atoms with Crippen LogP contribution in [0.15, 0.2) is 29.3 Å². The summed E-state index contributed by atoms with van der Waals surface area (Å²) in [6.07, 6.45) is 1.58. The lowest BCUT2D eigenvalue weighted by molar-refractivity contribution is 0.248. The van der Waals surface area contributed by atoms with Crippen molar-refractivity contribution in [2.75, 3.05) is 0 Å². The summed E-state index contributed by atoms with van der Waals surface area (Å²) < 4.78 is 1.65. The number of primary amides is 1. The van der Waals surface area contributed by atoms with E-state index >= 15 is 0 Å². The number of halogens is 1. The Morgan fingerprint density at radius 1 is 1.50 bits per heavy atom. The third kappa shape index (κ3) is 2.17. The van der Waals surface area contributed by atoms with Crippen LogP contribution in [0.3, 0.4) is 0 Å². The van der Waals surface area contributed by atoms with Crippen LogP contribution in [0.25, 0.3) is 10.3 Å². The van der Waals surface area contributed by atoms with Gasteiger partial charge in [0.05, 0.1) is 0 Å². The van der Waals surface area contributed by atoms with Crippen molar-refractivity contribution in [2.45, 2.75) is 0 Å². The maximum absolute atomic E-state index is 11.3. The van der Waals surface area contributed by atoms with Gasteiger partial charge in [-0.15, -0.1) is 16.4 Å². The fraction of sp³-hybridized carbons (Fsp3) is 0. The normalized spacial score (nSPS) is 11.4. The first-order valence-electron chi connectivity index (χ1n) is 5.51. The molecule has 0 atom stereocenters. The first-order chi connectivity index (χ1) is 9.66. The van der Waals surface area contributed by atoms with Crippen molar-refractivity contribution in [3.8, 4) is 0 Å². The van der Waals surface area contributed by atoms with Crippen LogP contribution in [-0.4, -0.2) is 27.0 Å². The summed E-state index contributed by atoms with van der Waals surface area (Å²) in [6, 6.07) is 6.56. The lowest BCUT2D eigenvalue weighted by Crippen LogP contribution is -2.20. The van der Waals surface area contributed by atoms with Crippen LogP contribution >= 0.6 is 22.9 Å². The molecule has 99 valence electrons.